The van der Waals surface area contributed by atoms with Crippen LogP contribution in [-0.2, 0) is 4.79 Å². The fraction of sp³-hybridized carbons (Fsp3) is 0.750. The Kier molecular flexibility index (Phi) is 4.33. The van der Waals surface area contributed by atoms with E-state index in [1.807, 2.05) is 0 Å². The first-order chi connectivity index (χ1) is 7.02. The third-order valence-electron chi connectivity index (χ3n) is 3.12. The summed E-state index contributed by atoms with van der Waals surface area (Å²) in [6, 6.07) is 0.874. The molecule has 86 valence electrons. The zero-order valence-corrected chi connectivity index (χ0v) is 9.70. The fourth-order valence-electron chi connectivity index (χ4n) is 2.29. The Morgan fingerprint density at radius 1 is 1.53 bits per heavy atom. The molecule has 1 aliphatic rings. The minimum Gasteiger partial charge on any atom is -0.478 e. The molecule has 1 unspecified atom stereocenters. The van der Waals surface area contributed by atoms with E-state index in [4.69, 9.17) is 5.11 Å². The van der Waals surface area contributed by atoms with Crippen molar-refractivity contribution in [1.82, 2.24) is 4.90 Å². The van der Waals surface area contributed by atoms with Crippen LogP contribution in [0.2, 0.25) is 0 Å². The fourth-order valence-corrected chi connectivity index (χ4v) is 2.29. The number of carboxylic acid groups (broad SMARTS) is 1. The van der Waals surface area contributed by atoms with Crippen molar-refractivity contribution in [1.29, 1.82) is 0 Å². The average molecular weight is 211 g/mol. The Balaban J connectivity index is 2.57. The molecular weight excluding hydrogens is 190 g/mol. The van der Waals surface area contributed by atoms with E-state index >= 15 is 0 Å². The number of rotatable bonds is 4. The highest BCUT2D eigenvalue weighted by molar-refractivity contribution is 5.85. The molecule has 3 nitrogen and oxygen atoms in total. The lowest BCUT2D eigenvalue weighted by atomic mass is 9.95. The summed E-state index contributed by atoms with van der Waals surface area (Å²) in [6.45, 7) is 9.05. The van der Waals surface area contributed by atoms with Gasteiger partial charge in [-0.3, -0.25) is 4.90 Å². The van der Waals surface area contributed by atoms with Crippen LogP contribution in [0.5, 0.6) is 0 Å². The topological polar surface area (TPSA) is 40.5 Å². The minimum atomic E-state index is -0.857. The van der Waals surface area contributed by atoms with Gasteiger partial charge in [0.15, 0.2) is 0 Å². The molecule has 0 aromatic heterocycles. The second-order valence-corrected chi connectivity index (χ2v) is 4.59. The average Bonchev–Trinajstić information content (AvgIpc) is 2.18. The van der Waals surface area contributed by atoms with Crippen LogP contribution in [0.15, 0.2) is 12.2 Å². The molecule has 0 spiro atoms. The van der Waals surface area contributed by atoms with Crippen LogP contribution < -0.4 is 0 Å². The van der Waals surface area contributed by atoms with Gasteiger partial charge in [0, 0.05) is 17.7 Å². The van der Waals surface area contributed by atoms with E-state index in [-0.39, 0.29) is 0 Å². The molecule has 1 fully saturated rings. The van der Waals surface area contributed by atoms with E-state index in [1.54, 1.807) is 0 Å². The van der Waals surface area contributed by atoms with E-state index in [0.29, 0.717) is 24.1 Å². The third kappa shape index (κ3) is 3.34. The summed E-state index contributed by atoms with van der Waals surface area (Å²) in [5, 5.41) is 8.82. The Morgan fingerprint density at radius 3 is 2.73 bits per heavy atom. The molecule has 1 heterocycles. The second kappa shape index (κ2) is 5.31. The molecule has 0 radical (unpaired) electrons. The molecule has 1 saturated heterocycles. The summed E-state index contributed by atoms with van der Waals surface area (Å²) in [5.41, 5.74) is 0.340. The summed E-state index contributed by atoms with van der Waals surface area (Å²) in [7, 11) is 0. The van der Waals surface area contributed by atoms with Crippen molar-refractivity contribution >= 4 is 5.97 Å². The summed E-state index contributed by atoms with van der Waals surface area (Å²) in [5.74, 6) is -0.857. The van der Waals surface area contributed by atoms with Gasteiger partial charge in [0.2, 0.25) is 0 Å². The van der Waals surface area contributed by atoms with Crippen LogP contribution >= 0.6 is 0 Å². The Labute approximate surface area is 91.8 Å². The first-order valence-electron chi connectivity index (χ1n) is 5.69. The van der Waals surface area contributed by atoms with Gasteiger partial charge in [-0.2, -0.15) is 0 Å². The maximum absolute atomic E-state index is 10.7. The number of piperidine rings is 1. The molecule has 0 aliphatic carbocycles. The number of nitrogens with zero attached hydrogens (tertiary/aromatic N) is 1. The SMILES string of the molecule is C=C(CC1CCCCN1C(C)C)C(=O)O. The molecule has 0 aromatic rings. The van der Waals surface area contributed by atoms with E-state index < -0.39 is 5.97 Å². The number of carboxylic acids is 1. The highest BCUT2D eigenvalue weighted by Gasteiger charge is 2.25. The first kappa shape index (κ1) is 12.2. The Bertz CT molecular complexity index is 248. The molecule has 1 aliphatic heterocycles. The molecule has 1 atom stereocenters. The van der Waals surface area contributed by atoms with Crippen LogP contribution in [-0.4, -0.2) is 34.6 Å². The lowest BCUT2D eigenvalue weighted by molar-refractivity contribution is -0.133. The first-order valence-corrected chi connectivity index (χ1v) is 5.69. The standard InChI is InChI=1S/C12H21NO2/c1-9(2)13-7-5-4-6-11(13)8-10(3)12(14)15/h9,11H,3-8H2,1-2H3,(H,14,15). The van der Waals surface area contributed by atoms with E-state index in [1.165, 1.54) is 12.8 Å². The molecule has 3 heteroatoms. The normalized spacial score (nSPS) is 23.0. The lowest BCUT2D eigenvalue weighted by Crippen LogP contribution is -2.44. The summed E-state index contributed by atoms with van der Waals surface area (Å²) in [4.78, 5) is 13.1. The third-order valence-corrected chi connectivity index (χ3v) is 3.12. The number of carbonyl (C=O) groups is 1. The smallest absolute Gasteiger partial charge is 0.331 e. The lowest BCUT2D eigenvalue weighted by Gasteiger charge is -2.38. The highest BCUT2D eigenvalue weighted by Crippen LogP contribution is 2.24. The molecular formula is C12H21NO2. The van der Waals surface area contributed by atoms with Gasteiger partial charge in [-0.05, 0) is 39.7 Å². The zero-order chi connectivity index (χ0) is 11.4. The van der Waals surface area contributed by atoms with Crippen LogP contribution in [0, 0.1) is 0 Å². The van der Waals surface area contributed by atoms with Gasteiger partial charge >= 0.3 is 5.97 Å². The molecule has 1 N–H and O–H groups in total. The van der Waals surface area contributed by atoms with Crippen molar-refractivity contribution in [2.24, 2.45) is 0 Å². The van der Waals surface area contributed by atoms with Gasteiger partial charge in [0.05, 0.1) is 0 Å². The maximum atomic E-state index is 10.7. The quantitative estimate of drug-likeness (QED) is 0.725. The van der Waals surface area contributed by atoms with Gasteiger partial charge in [-0.1, -0.05) is 13.0 Å². The van der Waals surface area contributed by atoms with Crippen LogP contribution in [0.3, 0.4) is 0 Å². The molecule has 0 amide bonds. The van der Waals surface area contributed by atoms with Crippen LogP contribution in [0.4, 0.5) is 0 Å². The van der Waals surface area contributed by atoms with Crippen molar-refractivity contribution in [2.45, 2.75) is 51.6 Å². The molecule has 0 aromatic carbocycles. The minimum absolute atomic E-state index is 0.340. The van der Waals surface area contributed by atoms with Crippen LogP contribution in [0.1, 0.15) is 39.5 Å². The molecule has 0 bridgehead atoms. The zero-order valence-electron chi connectivity index (χ0n) is 9.70. The monoisotopic (exact) mass is 211 g/mol. The van der Waals surface area contributed by atoms with Crippen molar-refractivity contribution < 1.29 is 9.90 Å². The molecule has 1 rings (SSSR count). The number of aliphatic carboxylic acids is 1. The molecule has 0 saturated carbocycles. The summed E-state index contributed by atoms with van der Waals surface area (Å²) < 4.78 is 0. The number of hydrogen-bond donors (Lipinski definition) is 1. The van der Waals surface area contributed by atoms with Gasteiger partial charge in [0.1, 0.15) is 0 Å². The maximum Gasteiger partial charge on any atom is 0.331 e. The van der Waals surface area contributed by atoms with E-state index in [2.05, 4.69) is 25.3 Å². The van der Waals surface area contributed by atoms with Gasteiger partial charge in [-0.15, -0.1) is 0 Å². The van der Waals surface area contributed by atoms with E-state index in [0.717, 1.165) is 13.0 Å². The summed E-state index contributed by atoms with van der Waals surface area (Å²) >= 11 is 0. The number of hydrogen-bond acceptors (Lipinski definition) is 2. The largest absolute Gasteiger partial charge is 0.478 e. The van der Waals surface area contributed by atoms with Crippen molar-refractivity contribution in [2.75, 3.05) is 6.54 Å². The van der Waals surface area contributed by atoms with E-state index in [9.17, 15) is 4.79 Å². The highest BCUT2D eigenvalue weighted by atomic mass is 16.4. The molecule has 15 heavy (non-hydrogen) atoms. The summed E-state index contributed by atoms with van der Waals surface area (Å²) in [6.07, 6.45) is 4.15. The van der Waals surface area contributed by atoms with Crippen molar-refractivity contribution in [3.05, 3.63) is 12.2 Å². The predicted octanol–water partition coefficient (Wildman–Crippen LogP) is 2.28. The predicted molar refractivity (Wildman–Crippen MR) is 60.9 cm³/mol. The number of likely N-dealkylation sites (tertiary alicyclic amines) is 1. The van der Waals surface area contributed by atoms with Gasteiger partial charge in [0.25, 0.3) is 0 Å². The van der Waals surface area contributed by atoms with Crippen molar-refractivity contribution in [3.8, 4) is 0 Å². The van der Waals surface area contributed by atoms with Crippen LogP contribution in [0.25, 0.3) is 0 Å². The Hall–Kier alpha value is -0.830. The van der Waals surface area contributed by atoms with Gasteiger partial charge in [-0.25, -0.2) is 4.79 Å². The van der Waals surface area contributed by atoms with Gasteiger partial charge < -0.3 is 5.11 Å². The van der Waals surface area contributed by atoms with Crippen molar-refractivity contribution in [3.63, 3.8) is 0 Å². The Morgan fingerprint density at radius 2 is 2.20 bits per heavy atom. The second-order valence-electron chi connectivity index (χ2n) is 4.59.